The van der Waals surface area contributed by atoms with Gasteiger partial charge in [-0.25, -0.2) is 19.5 Å². The number of amides is 4. The molecular weight excluding hydrogens is 546 g/mol. The molecule has 2 saturated heterocycles. The standard InChI is InChI=1S/C29H31N5O6S/c1-39-27(37)22-18-41-28(30-22)32-25(35)23(17-19-7-3-2-4-8-19)34-26(36)24(31-29(34)38)20-9-11-21(12-10-20)40-16-15-33-13-5-6-14-33/h2-4,7-12,18,23-24H,5-6,13-17H2,1H3,(H,31,38)(H,30,32,35). The molecule has 3 heterocycles. The summed E-state index contributed by atoms with van der Waals surface area (Å²) >= 11 is 1.04. The van der Waals surface area contributed by atoms with E-state index >= 15 is 0 Å². The third kappa shape index (κ3) is 6.72. The zero-order valence-corrected chi connectivity index (χ0v) is 23.4. The first-order valence-corrected chi connectivity index (χ1v) is 14.3. The van der Waals surface area contributed by atoms with E-state index in [2.05, 4.69) is 25.3 Å². The molecule has 0 spiro atoms. The second-order valence-corrected chi connectivity index (χ2v) is 10.6. The van der Waals surface area contributed by atoms with Crippen molar-refractivity contribution < 1.29 is 28.7 Å². The number of esters is 1. The number of ether oxygens (including phenoxy) is 2. The zero-order chi connectivity index (χ0) is 28.8. The average Bonchev–Trinajstić information content (AvgIpc) is 3.74. The Morgan fingerprint density at radius 3 is 2.54 bits per heavy atom. The number of hydrogen-bond donors (Lipinski definition) is 2. The number of rotatable bonds is 11. The summed E-state index contributed by atoms with van der Waals surface area (Å²) < 4.78 is 10.5. The number of anilines is 1. The first kappa shape index (κ1) is 28.2. The van der Waals surface area contributed by atoms with Crippen LogP contribution in [-0.2, 0) is 20.7 Å². The molecule has 2 aromatic carbocycles. The molecule has 11 nitrogen and oxygen atoms in total. The maximum absolute atomic E-state index is 13.6. The van der Waals surface area contributed by atoms with Gasteiger partial charge in [-0.05, 0) is 49.2 Å². The van der Waals surface area contributed by atoms with Gasteiger partial charge in [0.2, 0.25) is 5.91 Å². The summed E-state index contributed by atoms with van der Waals surface area (Å²) in [7, 11) is 1.24. The molecule has 2 unspecified atom stereocenters. The Hall–Kier alpha value is -4.29. The minimum absolute atomic E-state index is 0.0472. The molecular formula is C29H31N5O6S. The lowest BCUT2D eigenvalue weighted by molar-refractivity contribution is -0.134. The van der Waals surface area contributed by atoms with Crippen LogP contribution in [0.5, 0.6) is 5.75 Å². The third-order valence-electron chi connectivity index (χ3n) is 7.07. The molecule has 2 fully saturated rings. The van der Waals surface area contributed by atoms with Gasteiger partial charge in [-0.3, -0.25) is 14.5 Å². The van der Waals surface area contributed by atoms with E-state index in [-0.39, 0.29) is 17.2 Å². The molecule has 5 rings (SSSR count). The fraction of sp³-hybridized carbons (Fsp3) is 0.345. The van der Waals surface area contributed by atoms with Crippen molar-refractivity contribution in [3.8, 4) is 5.75 Å². The van der Waals surface area contributed by atoms with Gasteiger partial charge in [0.25, 0.3) is 5.91 Å². The van der Waals surface area contributed by atoms with E-state index in [0.717, 1.165) is 41.4 Å². The second-order valence-electron chi connectivity index (χ2n) is 9.78. The van der Waals surface area contributed by atoms with Crippen LogP contribution >= 0.6 is 11.3 Å². The number of hydrogen-bond acceptors (Lipinski definition) is 9. The molecule has 0 saturated carbocycles. The van der Waals surface area contributed by atoms with Crippen molar-refractivity contribution in [2.24, 2.45) is 0 Å². The van der Waals surface area contributed by atoms with Crippen LogP contribution in [0.1, 0.15) is 40.5 Å². The lowest BCUT2D eigenvalue weighted by Gasteiger charge is -2.24. The molecule has 0 aliphatic carbocycles. The number of nitrogens with zero attached hydrogens (tertiary/aromatic N) is 3. The van der Waals surface area contributed by atoms with Gasteiger partial charge in [0.05, 0.1) is 7.11 Å². The van der Waals surface area contributed by atoms with Crippen LogP contribution in [0.4, 0.5) is 9.93 Å². The van der Waals surface area contributed by atoms with Crippen molar-refractivity contribution in [2.75, 3.05) is 38.7 Å². The second kappa shape index (κ2) is 12.9. The first-order valence-electron chi connectivity index (χ1n) is 13.4. The van der Waals surface area contributed by atoms with E-state index in [0.29, 0.717) is 17.9 Å². The number of thiazole rings is 1. The van der Waals surface area contributed by atoms with Crippen molar-refractivity contribution in [2.45, 2.75) is 31.3 Å². The average molecular weight is 578 g/mol. The van der Waals surface area contributed by atoms with Crippen molar-refractivity contribution >= 4 is 40.3 Å². The number of urea groups is 1. The maximum Gasteiger partial charge on any atom is 0.357 e. The van der Waals surface area contributed by atoms with Gasteiger partial charge in [0, 0.05) is 18.3 Å². The Labute approximate surface area is 241 Å². The Balaban J connectivity index is 1.29. The summed E-state index contributed by atoms with van der Waals surface area (Å²) in [6.07, 6.45) is 2.54. The highest BCUT2D eigenvalue weighted by atomic mass is 32.1. The summed E-state index contributed by atoms with van der Waals surface area (Å²) in [6, 6.07) is 13.4. The van der Waals surface area contributed by atoms with Gasteiger partial charge in [-0.1, -0.05) is 42.5 Å². The molecule has 12 heteroatoms. The molecule has 2 aliphatic heterocycles. The Morgan fingerprint density at radius 1 is 1.10 bits per heavy atom. The Kier molecular flexibility index (Phi) is 8.90. The smallest absolute Gasteiger partial charge is 0.357 e. The normalized spacial score (nSPS) is 17.8. The van der Waals surface area contributed by atoms with Crippen LogP contribution in [0.25, 0.3) is 0 Å². The summed E-state index contributed by atoms with van der Waals surface area (Å²) in [5.41, 5.74) is 1.40. The summed E-state index contributed by atoms with van der Waals surface area (Å²) in [5.74, 6) is -1.10. The van der Waals surface area contributed by atoms with Crippen LogP contribution in [0, 0.1) is 0 Å². The molecule has 2 N–H and O–H groups in total. The van der Waals surface area contributed by atoms with Gasteiger partial charge in [0.1, 0.15) is 24.4 Å². The van der Waals surface area contributed by atoms with Gasteiger partial charge in [-0.15, -0.1) is 11.3 Å². The van der Waals surface area contributed by atoms with Crippen LogP contribution < -0.4 is 15.4 Å². The van der Waals surface area contributed by atoms with Gasteiger partial charge < -0.3 is 20.1 Å². The fourth-order valence-electron chi connectivity index (χ4n) is 4.93. The summed E-state index contributed by atoms with van der Waals surface area (Å²) in [5, 5.41) is 6.97. The molecule has 1 aromatic heterocycles. The monoisotopic (exact) mass is 577 g/mol. The number of imide groups is 1. The molecule has 214 valence electrons. The highest BCUT2D eigenvalue weighted by Crippen LogP contribution is 2.27. The minimum atomic E-state index is -1.16. The molecule has 0 bridgehead atoms. The van der Waals surface area contributed by atoms with Crippen LogP contribution in [0.2, 0.25) is 0 Å². The number of carbonyl (C=O) groups excluding carboxylic acids is 4. The largest absolute Gasteiger partial charge is 0.492 e. The Bertz CT molecular complexity index is 1390. The van der Waals surface area contributed by atoms with E-state index < -0.39 is 35.9 Å². The zero-order valence-electron chi connectivity index (χ0n) is 22.6. The number of aromatic nitrogens is 1. The lowest BCUT2D eigenvalue weighted by Crippen LogP contribution is -2.49. The predicted molar refractivity (Wildman–Crippen MR) is 152 cm³/mol. The van der Waals surface area contributed by atoms with E-state index in [4.69, 9.17) is 4.74 Å². The lowest BCUT2D eigenvalue weighted by atomic mass is 10.0. The van der Waals surface area contributed by atoms with Crippen LogP contribution in [0.3, 0.4) is 0 Å². The van der Waals surface area contributed by atoms with E-state index in [9.17, 15) is 19.2 Å². The van der Waals surface area contributed by atoms with E-state index in [1.165, 1.54) is 25.3 Å². The highest BCUT2D eigenvalue weighted by Gasteiger charge is 2.45. The van der Waals surface area contributed by atoms with Crippen molar-refractivity contribution in [3.63, 3.8) is 0 Å². The van der Waals surface area contributed by atoms with Gasteiger partial charge in [0.15, 0.2) is 10.8 Å². The molecule has 3 aromatic rings. The number of carbonyl (C=O) groups is 4. The molecule has 41 heavy (non-hydrogen) atoms. The highest BCUT2D eigenvalue weighted by molar-refractivity contribution is 7.14. The fourth-order valence-corrected chi connectivity index (χ4v) is 5.61. The quantitative estimate of drug-likeness (QED) is 0.262. The summed E-state index contributed by atoms with van der Waals surface area (Å²) in [6.45, 7) is 3.64. The third-order valence-corrected chi connectivity index (χ3v) is 7.83. The van der Waals surface area contributed by atoms with E-state index in [1.54, 1.807) is 24.3 Å². The summed E-state index contributed by atoms with van der Waals surface area (Å²) in [4.78, 5) is 59.4. The number of likely N-dealkylation sites (tertiary alicyclic amines) is 1. The van der Waals surface area contributed by atoms with Crippen LogP contribution in [0.15, 0.2) is 60.0 Å². The van der Waals surface area contributed by atoms with Gasteiger partial charge >= 0.3 is 12.0 Å². The van der Waals surface area contributed by atoms with Crippen LogP contribution in [-0.4, -0.2) is 78.0 Å². The van der Waals surface area contributed by atoms with Gasteiger partial charge in [-0.2, -0.15) is 0 Å². The topological polar surface area (TPSA) is 130 Å². The maximum atomic E-state index is 13.6. The Morgan fingerprint density at radius 2 is 1.83 bits per heavy atom. The first-order chi connectivity index (χ1) is 19.9. The molecule has 0 radical (unpaired) electrons. The molecule has 4 amide bonds. The van der Waals surface area contributed by atoms with E-state index in [1.807, 2.05) is 30.3 Å². The van der Waals surface area contributed by atoms with Crippen molar-refractivity contribution in [1.82, 2.24) is 20.1 Å². The number of nitrogens with one attached hydrogen (secondary N) is 2. The van der Waals surface area contributed by atoms with Crippen molar-refractivity contribution in [3.05, 3.63) is 76.8 Å². The number of methoxy groups -OCH3 is 1. The SMILES string of the molecule is COC(=O)c1csc(NC(=O)C(Cc2ccccc2)N2C(=O)NC(c3ccc(OCCN4CCCC4)cc3)C2=O)n1. The van der Waals surface area contributed by atoms with Crippen molar-refractivity contribution in [1.29, 1.82) is 0 Å². The molecule has 2 atom stereocenters. The minimum Gasteiger partial charge on any atom is -0.492 e. The predicted octanol–water partition coefficient (Wildman–Crippen LogP) is 3.25. The number of benzene rings is 2. The molecule has 2 aliphatic rings.